The lowest BCUT2D eigenvalue weighted by Crippen LogP contribution is -2.34. The summed E-state index contributed by atoms with van der Waals surface area (Å²) in [7, 11) is 0. The first-order valence-corrected chi connectivity index (χ1v) is 5.60. The average Bonchev–Trinajstić information content (AvgIpc) is 2.61. The van der Waals surface area contributed by atoms with Crippen LogP contribution < -0.4 is 5.73 Å². The first-order valence-electron chi connectivity index (χ1n) is 4.81. The number of carboxylic acid groups (broad SMARTS) is 1. The summed E-state index contributed by atoms with van der Waals surface area (Å²) in [4.78, 5) is 10.7. The van der Waals surface area contributed by atoms with Crippen LogP contribution in [0.2, 0.25) is 0 Å². The molecule has 0 fully saturated rings. The zero-order valence-corrected chi connectivity index (χ0v) is 10.0. The standard InChI is InChI=1S/C11H11BrN2O2/c12-8-2-1-7-3-4-14(10(7)5-8)6-9(13)11(15)16/h1-5,9H,6,13H2,(H,15,16)/t9-/m0/s1. The van der Waals surface area contributed by atoms with E-state index in [1.54, 1.807) is 0 Å². The molecule has 2 rings (SSSR count). The fourth-order valence-electron chi connectivity index (χ4n) is 1.61. The van der Waals surface area contributed by atoms with Crippen LogP contribution in [0.3, 0.4) is 0 Å². The van der Waals surface area contributed by atoms with Crippen molar-refractivity contribution in [3.05, 3.63) is 34.9 Å². The molecular weight excluding hydrogens is 272 g/mol. The third-order valence-electron chi connectivity index (χ3n) is 2.45. The van der Waals surface area contributed by atoms with E-state index in [1.165, 1.54) is 0 Å². The maximum absolute atomic E-state index is 10.7. The smallest absolute Gasteiger partial charge is 0.322 e. The molecule has 0 amide bonds. The number of aliphatic carboxylic acids is 1. The van der Waals surface area contributed by atoms with Gasteiger partial charge in [0, 0.05) is 22.7 Å². The Morgan fingerprint density at radius 1 is 1.50 bits per heavy atom. The van der Waals surface area contributed by atoms with Crippen LogP contribution in [0.4, 0.5) is 0 Å². The molecule has 0 radical (unpaired) electrons. The summed E-state index contributed by atoms with van der Waals surface area (Å²) in [5.74, 6) is -0.989. The number of carbonyl (C=O) groups is 1. The minimum atomic E-state index is -0.989. The van der Waals surface area contributed by atoms with E-state index in [9.17, 15) is 4.79 Å². The van der Waals surface area contributed by atoms with Crippen LogP contribution in [-0.4, -0.2) is 21.7 Å². The molecule has 5 heteroatoms. The Labute approximate surface area is 101 Å². The van der Waals surface area contributed by atoms with Gasteiger partial charge in [0.2, 0.25) is 0 Å². The summed E-state index contributed by atoms with van der Waals surface area (Å²) >= 11 is 3.39. The predicted octanol–water partition coefficient (Wildman–Crippen LogP) is 1.82. The molecule has 0 aliphatic carbocycles. The molecule has 1 atom stereocenters. The molecule has 1 aromatic heterocycles. The number of rotatable bonds is 3. The van der Waals surface area contributed by atoms with Gasteiger partial charge in [-0.2, -0.15) is 0 Å². The van der Waals surface area contributed by atoms with E-state index in [0.717, 1.165) is 15.4 Å². The van der Waals surface area contributed by atoms with Crippen molar-refractivity contribution in [2.75, 3.05) is 0 Å². The molecule has 0 aliphatic rings. The van der Waals surface area contributed by atoms with Gasteiger partial charge >= 0.3 is 5.97 Å². The molecule has 4 nitrogen and oxygen atoms in total. The number of hydrogen-bond donors (Lipinski definition) is 2. The highest BCUT2D eigenvalue weighted by molar-refractivity contribution is 9.10. The van der Waals surface area contributed by atoms with Crippen LogP contribution in [0.5, 0.6) is 0 Å². The van der Waals surface area contributed by atoms with Gasteiger partial charge in [-0.1, -0.05) is 22.0 Å². The molecule has 16 heavy (non-hydrogen) atoms. The lowest BCUT2D eigenvalue weighted by Gasteiger charge is -2.09. The van der Waals surface area contributed by atoms with Gasteiger partial charge in [-0.25, -0.2) is 0 Å². The molecule has 0 unspecified atom stereocenters. The van der Waals surface area contributed by atoms with Crippen molar-refractivity contribution >= 4 is 32.8 Å². The van der Waals surface area contributed by atoms with Gasteiger partial charge in [-0.05, 0) is 23.6 Å². The predicted molar refractivity (Wildman–Crippen MR) is 65.2 cm³/mol. The maximum atomic E-state index is 10.7. The zero-order chi connectivity index (χ0) is 11.7. The van der Waals surface area contributed by atoms with Gasteiger partial charge in [0.1, 0.15) is 6.04 Å². The minimum Gasteiger partial charge on any atom is -0.480 e. The highest BCUT2D eigenvalue weighted by Crippen LogP contribution is 2.20. The van der Waals surface area contributed by atoms with Gasteiger partial charge < -0.3 is 15.4 Å². The van der Waals surface area contributed by atoms with Crippen molar-refractivity contribution in [3.8, 4) is 0 Å². The molecule has 0 saturated carbocycles. The van der Waals surface area contributed by atoms with Crippen molar-refractivity contribution in [2.45, 2.75) is 12.6 Å². The van der Waals surface area contributed by atoms with Crippen molar-refractivity contribution in [1.82, 2.24) is 4.57 Å². The van der Waals surface area contributed by atoms with Gasteiger partial charge in [-0.15, -0.1) is 0 Å². The van der Waals surface area contributed by atoms with Gasteiger partial charge in [0.05, 0.1) is 0 Å². The summed E-state index contributed by atoms with van der Waals surface area (Å²) in [6.07, 6.45) is 1.85. The molecule has 0 bridgehead atoms. The third kappa shape index (κ3) is 2.10. The summed E-state index contributed by atoms with van der Waals surface area (Å²) in [5.41, 5.74) is 6.48. The molecule has 2 aromatic rings. The third-order valence-corrected chi connectivity index (χ3v) is 2.94. The average molecular weight is 283 g/mol. The van der Waals surface area contributed by atoms with Crippen LogP contribution in [0.15, 0.2) is 34.9 Å². The number of nitrogens with two attached hydrogens (primary N) is 1. The van der Waals surface area contributed by atoms with Crippen LogP contribution >= 0.6 is 15.9 Å². The van der Waals surface area contributed by atoms with Crippen LogP contribution in [0.25, 0.3) is 10.9 Å². The Balaban J connectivity index is 2.37. The lowest BCUT2D eigenvalue weighted by molar-refractivity contribution is -0.138. The highest BCUT2D eigenvalue weighted by Gasteiger charge is 2.13. The Bertz CT molecular complexity index is 536. The zero-order valence-electron chi connectivity index (χ0n) is 8.43. The summed E-state index contributed by atoms with van der Waals surface area (Å²) in [6.45, 7) is 0.273. The second-order valence-corrected chi connectivity index (χ2v) is 4.53. The largest absolute Gasteiger partial charge is 0.480 e. The monoisotopic (exact) mass is 282 g/mol. The van der Waals surface area contributed by atoms with Gasteiger partial charge in [0.25, 0.3) is 0 Å². The van der Waals surface area contributed by atoms with Gasteiger partial charge in [0.15, 0.2) is 0 Å². The number of benzene rings is 1. The Kier molecular flexibility index (Phi) is 2.98. The topological polar surface area (TPSA) is 68.2 Å². The van der Waals surface area contributed by atoms with E-state index in [0.29, 0.717) is 0 Å². The van der Waals surface area contributed by atoms with E-state index in [-0.39, 0.29) is 6.54 Å². The fraction of sp³-hybridized carbons (Fsp3) is 0.182. The van der Waals surface area contributed by atoms with Crippen molar-refractivity contribution in [3.63, 3.8) is 0 Å². The fourth-order valence-corrected chi connectivity index (χ4v) is 1.96. The van der Waals surface area contributed by atoms with E-state index in [4.69, 9.17) is 10.8 Å². The van der Waals surface area contributed by atoms with Crippen LogP contribution in [-0.2, 0) is 11.3 Å². The Morgan fingerprint density at radius 3 is 2.94 bits per heavy atom. The molecule has 0 saturated heterocycles. The normalized spacial score (nSPS) is 12.9. The number of halogens is 1. The number of hydrogen-bond acceptors (Lipinski definition) is 2. The van der Waals surface area contributed by atoms with Crippen molar-refractivity contribution in [1.29, 1.82) is 0 Å². The number of carboxylic acids is 1. The molecule has 1 heterocycles. The van der Waals surface area contributed by atoms with E-state index >= 15 is 0 Å². The molecule has 0 spiro atoms. The molecule has 1 aromatic carbocycles. The quantitative estimate of drug-likeness (QED) is 0.902. The molecule has 0 aliphatic heterocycles. The maximum Gasteiger partial charge on any atom is 0.322 e. The first kappa shape index (κ1) is 11.2. The molecule has 84 valence electrons. The van der Waals surface area contributed by atoms with Crippen molar-refractivity contribution in [2.24, 2.45) is 5.73 Å². The van der Waals surface area contributed by atoms with E-state index < -0.39 is 12.0 Å². The number of fused-ring (bicyclic) bond motifs is 1. The van der Waals surface area contributed by atoms with Gasteiger partial charge in [-0.3, -0.25) is 4.79 Å². The summed E-state index contributed by atoms with van der Waals surface area (Å²) in [6, 6.07) is 6.93. The summed E-state index contributed by atoms with van der Waals surface area (Å²) < 4.78 is 2.81. The SMILES string of the molecule is N[C@@H](Cn1ccc2ccc(Br)cc21)C(=O)O. The second-order valence-electron chi connectivity index (χ2n) is 3.62. The number of aromatic nitrogens is 1. The summed E-state index contributed by atoms with van der Waals surface area (Å²) in [5, 5.41) is 9.83. The second kappa shape index (κ2) is 4.27. The van der Waals surface area contributed by atoms with E-state index in [1.807, 2.05) is 35.0 Å². The van der Waals surface area contributed by atoms with Crippen LogP contribution in [0, 0.1) is 0 Å². The van der Waals surface area contributed by atoms with E-state index in [2.05, 4.69) is 15.9 Å². The number of nitrogens with zero attached hydrogens (tertiary/aromatic N) is 1. The molecule has 3 N–H and O–H groups in total. The minimum absolute atomic E-state index is 0.273. The molecular formula is C11H11BrN2O2. The lowest BCUT2D eigenvalue weighted by atomic mass is 10.2. The van der Waals surface area contributed by atoms with Crippen molar-refractivity contribution < 1.29 is 9.90 Å². The Hall–Kier alpha value is -1.33. The highest BCUT2D eigenvalue weighted by atomic mass is 79.9. The Morgan fingerprint density at radius 2 is 2.25 bits per heavy atom. The van der Waals surface area contributed by atoms with Crippen LogP contribution in [0.1, 0.15) is 0 Å². The first-order chi connectivity index (χ1) is 7.58.